The molecule has 54 heavy (non-hydrogen) atoms. The van der Waals surface area contributed by atoms with E-state index in [-0.39, 0.29) is 12.4 Å². The third-order valence-corrected chi connectivity index (χ3v) is 8.89. The Morgan fingerprint density at radius 3 is 2.11 bits per heavy atom. The lowest BCUT2D eigenvalue weighted by atomic mass is 10.1. The van der Waals surface area contributed by atoms with Gasteiger partial charge in [0.05, 0.1) is 17.7 Å². The Labute approximate surface area is 313 Å². The second kappa shape index (κ2) is 15.7. The van der Waals surface area contributed by atoms with Crippen LogP contribution in [0.5, 0.6) is 0 Å². The van der Waals surface area contributed by atoms with E-state index in [2.05, 4.69) is 10.4 Å². The van der Waals surface area contributed by atoms with Crippen molar-refractivity contribution in [3.63, 3.8) is 0 Å². The first-order valence-corrected chi connectivity index (χ1v) is 18.3. The van der Waals surface area contributed by atoms with Gasteiger partial charge in [-0.15, -0.1) is 0 Å². The van der Waals surface area contributed by atoms with Crippen LogP contribution >= 0.6 is 0 Å². The van der Waals surface area contributed by atoms with Crippen molar-refractivity contribution in [1.29, 1.82) is 0 Å². The summed E-state index contributed by atoms with van der Waals surface area (Å²) in [7, 11) is -4.91. The number of benzene rings is 2. The van der Waals surface area contributed by atoms with E-state index in [1.165, 1.54) is 43.5 Å². The number of para-hydroxylation sites is 1. The smallest absolute Gasteiger partial charge is 0.424 e. The Morgan fingerprint density at radius 1 is 0.852 bits per heavy atom. The summed E-state index contributed by atoms with van der Waals surface area (Å²) in [6.07, 6.45) is 0.323. The molecular formula is C36H45N7O10S. The third-order valence-electron chi connectivity index (χ3n) is 7.07. The van der Waals surface area contributed by atoms with Gasteiger partial charge in [-0.05, 0) is 91.6 Å². The van der Waals surface area contributed by atoms with Crippen molar-refractivity contribution in [3.8, 4) is 11.1 Å². The van der Waals surface area contributed by atoms with E-state index in [1.807, 2.05) is 18.2 Å². The number of nitrogens with one attached hydrogen (secondary N) is 1. The van der Waals surface area contributed by atoms with Crippen LogP contribution in [0.4, 0.5) is 25.9 Å². The minimum Gasteiger partial charge on any atom is -0.444 e. The zero-order valence-electron chi connectivity index (χ0n) is 31.6. The number of fused-ring (bicyclic) bond motifs is 1. The third kappa shape index (κ3) is 10.6. The summed E-state index contributed by atoms with van der Waals surface area (Å²) in [4.78, 5) is 55.4. The number of nitrogens with zero attached hydrogens (tertiary/aromatic N) is 6. The number of nitro groups is 1. The summed E-state index contributed by atoms with van der Waals surface area (Å²) in [5, 5.41) is 18.9. The van der Waals surface area contributed by atoms with Crippen LogP contribution in [0.2, 0.25) is 0 Å². The van der Waals surface area contributed by atoms with Gasteiger partial charge in [0.2, 0.25) is 0 Å². The van der Waals surface area contributed by atoms with Crippen molar-refractivity contribution in [1.82, 2.24) is 24.2 Å². The molecule has 2 heterocycles. The Hall–Kier alpha value is -5.78. The van der Waals surface area contributed by atoms with Gasteiger partial charge < -0.3 is 19.5 Å². The molecule has 2 aromatic carbocycles. The number of sulfonamides is 1. The summed E-state index contributed by atoms with van der Waals surface area (Å²) < 4.78 is 46.2. The standard InChI is InChI=1S/C36H45N7O10S/c1-34(2,3)51-31(44)37-22-24-13-12-14-25(21-24)26-23-38-41-18-17-29(39-30(26)41)40(32(45)52-35(4,5)6)19-20-42(33(46)53-36(7,8)9)54(49,50)28-16-11-10-15-27(28)43(47)48/h10-18,21,23H,19-20,22H2,1-9H3,(H,37,44). The van der Waals surface area contributed by atoms with E-state index >= 15 is 0 Å². The molecule has 18 heteroatoms. The zero-order valence-corrected chi connectivity index (χ0v) is 32.5. The molecule has 0 aliphatic rings. The molecule has 0 saturated heterocycles. The van der Waals surface area contributed by atoms with E-state index in [0.717, 1.165) is 22.6 Å². The maximum Gasteiger partial charge on any atom is 0.424 e. The fraction of sp³-hybridized carbons (Fsp3) is 0.417. The predicted octanol–water partition coefficient (Wildman–Crippen LogP) is 6.70. The van der Waals surface area contributed by atoms with Crippen LogP contribution in [-0.2, 0) is 30.8 Å². The first-order valence-electron chi connectivity index (χ1n) is 16.9. The first kappa shape index (κ1) is 41.0. The number of amides is 3. The molecule has 2 aromatic heterocycles. The zero-order chi connectivity index (χ0) is 40.2. The van der Waals surface area contributed by atoms with E-state index in [4.69, 9.17) is 19.2 Å². The highest BCUT2D eigenvalue weighted by atomic mass is 32.2. The van der Waals surface area contributed by atoms with Gasteiger partial charge in [0.25, 0.3) is 15.7 Å². The topological polar surface area (TPSA) is 205 Å². The highest BCUT2D eigenvalue weighted by Crippen LogP contribution is 2.29. The van der Waals surface area contributed by atoms with E-state index in [9.17, 15) is 32.9 Å². The van der Waals surface area contributed by atoms with Gasteiger partial charge in [0.15, 0.2) is 10.5 Å². The molecule has 0 atom stereocenters. The number of ether oxygens (including phenoxy) is 3. The molecule has 0 radical (unpaired) electrons. The molecule has 0 aliphatic carbocycles. The molecule has 0 fully saturated rings. The first-order chi connectivity index (χ1) is 24.9. The number of aromatic nitrogens is 3. The van der Waals surface area contributed by atoms with Crippen molar-refractivity contribution in [2.45, 2.75) is 90.6 Å². The lowest BCUT2D eigenvalue weighted by Crippen LogP contribution is -2.47. The monoisotopic (exact) mass is 767 g/mol. The number of nitro benzene ring substituents is 1. The lowest BCUT2D eigenvalue weighted by molar-refractivity contribution is -0.387. The van der Waals surface area contributed by atoms with Crippen LogP contribution in [-0.4, -0.2) is 80.4 Å². The SMILES string of the molecule is CC(C)(C)OC(=O)NCc1cccc(-c2cnn3ccc(N(CCN(C(=O)OC(C)(C)C)S(=O)(=O)c4ccccc4[N+](=O)[O-])C(=O)OC(C)(C)C)nc23)c1. The van der Waals surface area contributed by atoms with Gasteiger partial charge in [0, 0.05) is 30.9 Å². The average Bonchev–Trinajstić information content (AvgIpc) is 3.46. The summed E-state index contributed by atoms with van der Waals surface area (Å²) in [5.74, 6) is 0.0217. The fourth-order valence-corrected chi connectivity index (χ4v) is 6.38. The van der Waals surface area contributed by atoms with Crippen LogP contribution in [0.25, 0.3) is 16.8 Å². The van der Waals surface area contributed by atoms with Crippen LogP contribution in [0.3, 0.4) is 0 Å². The quantitative estimate of drug-likeness (QED) is 0.102. The molecule has 290 valence electrons. The Kier molecular flexibility index (Phi) is 11.9. The van der Waals surface area contributed by atoms with Gasteiger partial charge in [-0.3, -0.25) is 15.0 Å². The predicted molar refractivity (Wildman–Crippen MR) is 198 cm³/mol. The number of alkyl carbamates (subject to hydrolysis) is 1. The molecule has 1 N–H and O–H groups in total. The van der Waals surface area contributed by atoms with Crippen LogP contribution in [0.15, 0.2) is 71.9 Å². The van der Waals surface area contributed by atoms with Crippen LogP contribution < -0.4 is 10.2 Å². The van der Waals surface area contributed by atoms with E-state index in [0.29, 0.717) is 21.1 Å². The lowest BCUT2D eigenvalue weighted by Gasteiger charge is -2.30. The molecule has 0 aliphatic heterocycles. The average molecular weight is 768 g/mol. The minimum absolute atomic E-state index is 0.0217. The number of hydrogen-bond acceptors (Lipinski definition) is 12. The number of anilines is 1. The number of rotatable bonds is 10. The van der Waals surface area contributed by atoms with Crippen molar-refractivity contribution in [2.24, 2.45) is 0 Å². The largest absolute Gasteiger partial charge is 0.444 e. The normalized spacial score (nSPS) is 12.2. The van der Waals surface area contributed by atoms with Crippen molar-refractivity contribution in [3.05, 3.63) is 82.7 Å². The summed E-state index contributed by atoms with van der Waals surface area (Å²) in [6.45, 7) is 13.8. The molecule has 0 bridgehead atoms. The van der Waals surface area contributed by atoms with Crippen LogP contribution in [0, 0.1) is 10.1 Å². The second-order valence-electron chi connectivity index (χ2n) is 15.1. The van der Waals surface area contributed by atoms with Gasteiger partial charge in [0.1, 0.15) is 22.6 Å². The molecule has 4 rings (SSSR count). The Morgan fingerprint density at radius 2 is 1.48 bits per heavy atom. The molecular weight excluding hydrogens is 723 g/mol. The summed E-state index contributed by atoms with van der Waals surface area (Å²) in [5.41, 5.74) is -1.22. The highest BCUT2D eigenvalue weighted by Gasteiger charge is 2.38. The van der Waals surface area contributed by atoms with Crippen molar-refractivity contribution < 1.29 is 41.9 Å². The number of carbonyl (C=O) groups excluding carboxylic acids is 3. The van der Waals surface area contributed by atoms with Gasteiger partial charge in [-0.1, -0.05) is 30.3 Å². The minimum atomic E-state index is -4.91. The number of carbonyl (C=O) groups is 3. The molecule has 3 amide bonds. The fourth-order valence-electron chi connectivity index (χ4n) is 4.93. The number of hydrogen-bond donors (Lipinski definition) is 1. The molecule has 0 unspecified atom stereocenters. The Balaban J connectivity index is 1.74. The molecule has 4 aromatic rings. The second-order valence-corrected chi connectivity index (χ2v) is 16.9. The Bertz CT molecular complexity index is 2150. The van der Waals surface area contributed by atoms with Crippen molar-refractivity contribution in [2.75, 3.05) is 18.0 Å². The van der Waals surface area contributed by atoms with Gasteiger partial charge in [-0.2, -0.15) is 9.40 Å². The summed E-state index contributed by atoms with van der Waals surface area (Å²) in [6, 6.07) is 13.3. The summed E-state index contributed by atoms with van der Waals surface area (Å²) >= 11 is 0. The van der Waals surface area contributed by atoms with Crippen molar-refractivity contribution >= 4 is 45.5 Å². The maximum atomic E-state index is 14.0. The van der Waals surface area contributed by atoms with E-state index in [1.54, 1.807) is 60.0 Å². The molecule has 0 saturated carbocycles. The van der Waals surface area contributed by atoms with Gasteiger partial charge >= 0.3 is 18.3 Å². The maximum absolute atomic E-state index is 14.0. The highest BCUT2D eigenvalue weighted by molar-refractivity contribution is 7.89. The molecule has 17 nitrogen and oxygen atoms in total. The van der Waals surface area contributed by atoms with Gasteiger partial charge in [-0.25, -0.2) is 32.3 Å². The molecule has 0 spiro atoms. The van der Waals surface area contributed by atoms with Crippen LogP contribution in [0.1, 0.15) is 67.9 Å². The van der Waals surface area contributed by atoms with E-state index < -0.39 is 73.7 Å².